The third kappa shape index (κ3) is 3.02. The van der Waals surface area contributed by atoms with Gasteiger partial charge in [0, 0.05) is 23.5 Å². The third-order valence-electron chi connectivity index (χ3n) is 3.66. The lowest BCUT2D eigenvalue weighted by Crippen LogP contribution is -2.15. The summed E-state index contributed by atoms with van der Waals surface area (Å²) < 4.78 is 5.96. The number of aromatic nitrogens is 1. The highest BCUT2D eigenvalue weighted by molar-refractivity contribution is 5.91. The van der Waals surface area contributed by atoms with E-state index in [9.17, 15) is 0 Å². The lowest BCUT2D eigenvalue weighted by Gasteiger charge is -2.15. The quantitative estimate of drug-likeness (QED) is 0.757. The molecule has 0 amide bonds. The highest BCUT2D eigenvalue weighted by Gasteiger charge is 2.08. The minimum atomic E-state index is 0.116. The predicted molar refractivity (Wildman–Crippen MR) is 87.7 cm³/mol. The Morgan fingerprint density at radius 3 is 2.67 bits per heavy atom. The smallest absolute Gasteiger partial charge is 0.119 e. The normalized spacial score (nSPS) is 12.5. The number of aryl methyl sites for hydroxylation is 1. The Hall–Kier alpha value is -2.42. The van der Waals surface area contributed by atoms with Gasteiger partial charge < -0.3 is 15.5 Å². The monoisotopic (exact) mass is 280 g/mol. The largest absolute Gasteiger partial charge is 0.490 e. The number of fused-ring (bicyclic) bond motifs is 1. The van der Waals surface area contributed by atoms with Gasteiger partial charge in [0.2, 0.25) is 0 Å². The van der Waals surface area contributed by atoms with Crippen LogP contribution in [0.1, 0.15) is 18.1 Å². The molecule has 3 heteroatoms. The number of hydrogen-bond donors (Lipinski definition) is 2. The van der Waals surface area contributed by atoms with E-state index in [1.54, 1.807) is 0 Å². The van der Waals surface area contributed by atoms with Crippen molar-refractivity contribution in [2.45, 2.75) is 26.4 Å². The lowest BCUT2D eigenvalue weighted by molar-refractivity contribution is 0.222. The Balaban J connectivity index is 1.71. The SMILES string of the molecule is Cc1ccc(OC(C)Cc2ccc3[nH]cc(N)c3c2)cc1. The molecule has 3 nitrogen and oxygen atoms in total. The second-order valence-electron chi connectivity index (χ2n) is 5.57. The van der Waals surface area contributed by atoms with Crippen molar-refractivity contribution < 1.29 is 4.74 Å². The molecule has 0 aliphatic heterocycles. The first-order valence-corrected chi connectivity index (χ1v) is 7.20. The Labute approximate surface area is 124 Å². The molecule has 3 N–H and O–H groups in total. The van der Waals surface area contributed by atoms with Crippen molar-refractivity contribution >= 4 is 16.6 Å². The molecule has 21 heavy (non-hydrogen) atoms. The first kappa shape index (κ1) is 13.6. The van der Waals surface area contributed by atoms with E-state index in [4.69, 9.17) is 10.5 Å². The van der Waals surface area contributed by atoms with Gasteiger partial charge in [-0.05, 0) is 43.7 Å². The van der Waals surface area contributed by atoms with Crippen LogP contribution < -0.4 is 10.5 Å². The van der Waals surface area contributed by atoms with Crippen LogP contribution in [0.15, 0.2) is 48.7 Å². The molecule has 1 unspecified atom stereocenters. The molecule has 0 spiro atoms. The summed E-state index contributed by atoms with van der Waals surface area (Å²) in [6, 6.07) is 14.5. The van der Waals surface area contributed by atoms with E-state index in [1.165, 1.54) is 11.1 Å². The van der Waals surface area contributed by atoms with Crippen LogP contribution >= 0.6 is 0 Å². The van der Waals surface area contributed by atoms with E-state index >= 15 is 0 Å². The van der Waals surface area contributed by atoms with Gasteiger partial charge in [0.25, 0.3) is 0 Å². The summed E-state index contributed by atoms with van der Waals surface area (Å²) in [5, 5.41) is 1.08. The van der Waals surface area contributed by atoms with Crippen molar-refractivity contribution in [3.8, 4) is 5.75 Å². The van der Waals surface area contributed by atoms with Crippen LogP contribution in [0.25, 0.3) is 10.9 Å². The molecule has 1 atom stereocenters. The first-order valence-electron chi connectivity index (χ1n) is 7.20. The summed E-state index contributed by atoms with van der Waals surface area (Å²) in [6.45, 7) is 4.16. The zero-order valence-corrected chi connectivity index (χ0v) is 12.4. The van der Waals surface area contributed by atoms with Crippen LogP contribution in [0.3, 0.4) is 0 Å². The maximum atomic E-state index is 5.96. The number of nitrogen functional groups attached to an aromatic ring is 1. The van der Waals surface area contributed by atoms with E-state index in [0.717, 1.165) is 28.8 Å². The molecule has 3 aromatic rings. The fourth-order valence-electron chi connectivity index (χ4n) is 2.54. The van der Waals surface area contributed by atoms with Crippen LogP contribution in [0.5, 0.6) is 5.75 Å². The van der Waals surface area contributed by atoms with Crippen molar-refractivity contribution in [3.05, 3.63) is 59.8 Å². The first-order chi connectivity index (χ1) is 10.1. The van der Waals surface area contributed by atoms with E-state index < -0.39 is 0 Å². The summed E-state index contributed by atoms with van der Waals surface area (Å²) in [7, 11) is 0. The Kier molecular flexibility index (Phi) is 3.57. The number of rotatable bonds is 4. The summed E-state index contributed by atoms with van der Waals surface area (Å²) in [4.78, 5) is 3.16. The van der Waals surface area contributed by atoms with Gasteiger partial charge in [0.15, 0.2) is 0 Å². The van der Waals surface area contributed by atoms with Gasteiger partial charge in [-0.25, -0.2) is 0 Å². The van der Waals surface area contributed by atoms with Crippen LogP contribution in [-0.4, -0.2) is 11.1 Å². The maximum Gasteiger partial charge on any atom is 0.119 e. The molecule has 108 valence electrons. The summed E-state index contributed by atoms with van der Waals surface area (Å²) in [5.41, 5.74) is 10.3. The number of ether oxygens (including phenoxy) is 1. The van der Waals surface area contributed by atoms with E-state index in [0.29, 0.717) is 0 Å². The van der Waals surface area contributed by atoms with Crippen molar-refractivity contribution in [1.29, 1.82) is 0 Å². The minimum Gasteiger partial charge on any atom is -0.490 e. The molecule has 2 aromatic carbocycles. The molecule has 1 heterocycles. The number of anilines is 1. The van der Waals surface area contributed by atoms with Crippen molar-refractivity contribution in [3.63, 3.8) is 0 Å². The van der Waals surface area contributed by atoms with Gasteiger partial charge in [0.05, 0.1) is 11.8 Å². The Morgan fingerprint density at radius 1 is 1.14 bits per heavy atom. The van der Waals surface area contributed by atoms with Gasteiger partial charge in [-0.3, -0.25) is 0 Å². The molecule has 0 fully saturated rings. The summed E-state index contributed by atoms with van der Waals surface area (Å²) >= 11 is 0. The number of aromatic amines is 1. The number of nitrogens with two attached hydrogens (primary N) is 1. The standard InChI is InChI=1S/C18H20N2O/c1-12-3-6-15(7-4-12)21-13(2)9-14-5-8-18-16(10-14)17(19)11-20-18/h3-8,10-11,13,20H,9,19H2,1-2H3. The van der Waals surface area contributed by atoms with Crippen LogP contribution in [0, 0.1) is 6.92 Å². The highest BCUT2D eigenvalue weighted by Crippen LogP contribution is 2.23. The van der Waals surface area contributed by atoms with Gasteiger partial charge in [0.1, 0.15) is 5.75 Å². The fraction of sp³-hybridized carbons (Fsp3) is 0.222. The minimum absolute atomic E-state index is 0.116. The molecule has 0 aliphatic carbocycles. The lowest BCUT2D eigenvalue weighted by atomic mass is 10.1. The predicted octanol–water partition coefficient (Wildman–Crippen LogP) is 4.07. The number of nitrogens with one attached hydrogen (secondary N) is 1. The van der Waals surface area contributed by atoms with Gasteiger partial charge >= 0.3 is 0 Å². The molecule has 0 aliphatic rings. The molecule has 0 saturated heterocycles. The van der Waals surface area contributed by atoms with Gasteiger partial charge in [-0.2, -0.15) is 0 Å². The number of H-pyrrole nitrogens is 1. The fourth-order valence-corrected chi connectivity index (χ4v) is 2.54. The van der Waals surface area contributed by atoms with Gasteiger partial charge in [-0.1, -0.05) is 23.8 Å². The van der Waals surface area contributed by atoms with Crippen LogP contribution in [0.2, 0.25) is 0 Å². The molecule has 3 rings (SSSR count). The Morgan fingerprint density at radius 2 is 1.90 bits per heavy atom. The molecule has 0 radical (unpaired) electrons. The van der Waals surface area contributed by atoms with Crippen molar-refractivity contribution in [2.75, 3.05) is 5.73 Å². The summed E-state index contributed by atoms with van der Waals surface area (Å²) in [6.07, 6.45) is 2.81. The zero-order valence-electron chi connectivity index (χ0n) is 12.4. The second-order valence-corrected chi connectivity index (χ2v) is 5.57. The van der Waals surface area contributed by atoms with E-state index in [2.05, 4.69) is 49.2 Å². The van der Waals surface area contributed by atoms with Gasteiger partial charge in [-0.15, -0.1) is 0 Å². The third-order valence-corrected chi connectivity index (χ3v) is 3.66. The topological polar surface area (TPSA) is 51.0 Å². The molecular formula is C18H20N2O. The van der Waals surface area contributed by atoms with E-state index in [1.807, 2.05) is 18.3 Å². The molecule has 0 bridgehead atoms. The average molecular weight is 280 g/mol. The van der Waals surface area contributed by atoms with Crippen LogP contribution in [0.4, 0.5) is 5.69 Å². The van der Waals surface area contributed by atoms with E-state index in [-0.39, 0.29) is 6.10 Å². The maximum absolute atomic E-state index is 5.96. The highest BCUT2D eigenvalue weighted by atomic mass is 16.5. The molecule has 1 aromatic heterocycles. The average Bonchev–Trinajstić information content (AvgIpc) is 2.83. The Bertz CT molecular complexity index is 744. The summed E-state index contributed by atoms with van der Waals surface area (Å²) in [5.74, 6) is 0.912. The van der Waals surface area contributed by atoms with Crippen molar-refractivity contribution in [1.82, 2.24) is 4.98 Å². The zero-order chi connectivity index (χ0) is 14.8. The van der Waals surface area contributed by atoms with Crippen LogP contribution in [-0.2, 0) is 6.42 Å². The number of hydrogen-bond acceptors (Lipinski definition) is 2. The molecular weight excluding hydrogens is 260 g/mol. The number of benzene rings is 2. The molecule has 0 saturated carbocycles. The second kappa shape index (κ2) is 5.52. The van der Waals surface area contributed by atoms with Crippen molar-refractivity contribution in [2.24, 2.45) is 0 Å².